The van der Waals surface area contributed by atoms with Gasteiger partial charge in [0.1, 0.15) is 0 Å². The minimum atomic E-state index is -0.861. The van der Waals surface area contributed by atoms with Crippen molar-refractivity contribution in [1.82, 2.24) is 9.47 Å². The zero-order valence-electron chi connectivity index (χ0n) is 17.4. The summed E-state index contributed by atoms with van der Waals surface area (Å²) in [6.45, 7) is 1.55. The van der Waals surface area contributed by atoms with Gasteiger partial charge in [0.15, 0.2) is 0 Å². The first-order chi connectivity index (χ1) is 14.6. The Labute approximate surface area is 181 Å². The number of fused-ring (bicyclic) bond motifs is 3. The predicted molar refractivity (Wildman–Crippen MR) is 120 cm³/mol. The van der Waals surface area contributed by atoms with Crippen LogP contribution in [0.4, 0.5) is 0 Å². The number of hydrogen-bond acceptors (Lipinski definition) is 3. The SMILES string of the molecule is O=C(O)CSCC(=O)N1CCn2c3c(c4cc(C5CCCCC5)ccc42)CCC[C@@H]31. The minimum Gasteiger partial charge on any atom is -0.481 e. The number of rotatable bonds is 5. The number of carbonyl (C=O) groups is 2. The highest BCUT2D eigenvalue weighted by molar-refractivity contribution is 8.00. The number of aromatic nitrogens is 1. The number of benzene rings is 1. The molecule has 1 fully saturated rings. The van der Waals surface area contributed by atoms with Gasteiger partial charge in [-0.05, 0) is 61.3 Å². The quantitative estimate of drug-likeness (QED) is 0.751. The molecule has 1 atom stereocenters. The number of hydrogen-bond donors (Lipinski definition) is 1. The van der Waals surface area contributed by atoms with Gasteiger partial charge in [-0.3, -0.25) is 9.59 Å². The third kappa shape index (κ3) is 3.53. The van der Waals surface area contributed by atoms with E-state index in [-0.39, 0.29) is 23.5 Å². The Morgan fingerprint density at radius 2 is 1.87 bits per heavy atom. The highest BCUT2D eigenvalue weighted by Crippen LogP contribution is 2.44. The molecule has 5 nitrogen and oxygen atoms in total. The number of amides is 1. The highest BCUT2D eigenvalue weighted by atomic mass is 32.2. The second-order valence-corrected chi connectivity index (χ2v) is 9.99. The van der Waals surface area contributed by atoms with E-state index in [2.05, 4.69) is 22.8 Å². The van der Waals surface area contributed by atoms with Crippen LogP contribution in [0.15, 0.2) is 18.2 Å². The van der Waals surface area contributed by atoms with Crippen LogP contribution in [0.3, 0.4) is 0 Å². The predicted octanol–water partition coefficient (Wildman–Crippen LogP) is 4.73. The average Bonchev–Trinajstić information content (AvgIpc) is 3.09. The standard InChI is InChI=1S/C24H30N2O3S/c27-22(14-30-15-23(28)29)25-11-12-26-20-10-9-17(16-5-2-1-3-6-16)13-19(20)18-7-4-8-21(25)24(18)26/h9-10,13,16,21H,1-8,11-12,14-15H2,(H,28,29)/t21-/m0/s1. The van der Waals surface area contributed by atoms with E-state index in [1.807, 2.05) is 4.90 Å². The molecule has 1 amide bonds. The third-order valence-electron chi connectivity index (χ3n) is 7.25. The highest BCUT2D eigenvalue weighted by Gasteiger charge is 2.37. The second-order valence-electron chi connectivity index (χ2n) is 9.01. The summed E-state index contributed by atoms with van der Waals surface area (Å²) in [4.78, 5) is 25.7. The second kappa shape index (κ2) is 8.29. The number of carbonyl (C=O) groups excluding carboxylic acids is 1. The van der Waals surface area contributed by atoms with E-state index >= 15 is 0 Å². The summed E-state index contributed by atoms with van der Waals surface area (Å²) in [5, 5.41) is 10.3. The van der Waals surface area contributed by atoms with Crippen molar-refractivity contribution in [2.45, 2.75) is 69.9 Å². The van der Waals surface area contributed by atoms with Crippen molar-refractivity contribution >= 4 is 34.5 Å². The monoisotopic (exact) mass is 426 g/mol. The van der Waals surface area contributed by atoms with Crippen LogP contribution in [-0.2, 0) is 22.6 Å². The molecule has 2 aliphatic carbocycles. The maximum absolute atomic E-state index is 12.9. The van der Waals surface area contributed by atoms with Crippen LogP contribution in [-0.4, -0.2) is 44.5 Å². The van der Waals surface area contributed by atoms with E-state index in [4.69, 9.17) is 5.11 Å². The van der Waals surface area contributed by atoms with Crippen molar-refractivity contribution in [2.24, 2.45) is 0 Å². The largest absolute Gasteiger partial charge is 0.481 e. The molecule has 1 N–H and O–H groups in total. The molecule has 0 unspecified atom stereocenters. The van der Waals surface area contributed by atoms with Crippen molar-refractivity contribution in [2.75, 3.05) is 18.1 Å². The lowest BCUT2D eigenvalue weighted by Crippen LogP contribution is -2.44. The van der Waals surface area contributed by atoms with Crippen LogP contribution in [0.2, 0.25) is 0 Å². The van der Waals surface area contributed by atoms with Crippen LogP contribution >= 0.6 is 11.8 Å². The molecule has 160 valence electrons. The molecule has 1 saturated carbocycles. The van der Waals surface area contributed by atoms with Gasteiger partial charge in [-0.15, -0.1) is 11.8 Å². The smallest absolute Gasteiger partial charge is 0.313 e. The molecule has 2 heterocycles. The molecule has 30 heavy (non-hydrogen) atoms. The molecular weight excluding hydrogens is 396 g/mol. The Kier molecular flexibility index (Phi) is 5.52. The number of carboxylic acids is 1. The normalized spacial score (nSPS) is 21.6. The van der Waals surface area contributed by atoms with Crippen molar-refractivity contribution in [1.29, 1.82) is 0 Å². The molecule has 1 aromatic carbocycles. The number of thioether (sulfide) groups is 1. The van der Waals surface area contributed by atoms with E-state index in [0.29, 0.717) is 5.92 Å². The summed E-state index contributed by atoms with van der Waals surface area (Å²) < 4.78 is 2.47. The average molecular weight is 427 g/mol. The number of nitrogens with zero attached hydrogens (tertiary/aromatic N) is 2. The summed E-state index contributed by atoms with van der Waals surface area (Å²) in [5.74, 6) is 0.166. The first-order valence-corrected chi connectivity index (χ1v) is 12.5. The summed E-state index contributed by atoms with van der Waals surface area (Å²) in [6, 6.07) is 7.28. The molecule has 1 aromatic heterocycles. The summed E-state index contributed by atoms with van der Waals surface area (Å²) in [5.41, 5.74) is 5.63. The maximum Gasteiger partial charge on any atom is 0.313 e. The van der Waals surface area contributed by atoms with Crippen molar-refractivity contribution < 1.29 is 14.7 Å². The Morgan fingerprint density at radius 3 is 2.67 bits per heavy atom. The van der Waals surface area contributed by atoms with Gasteiger partial charge in [-0.2, -0.15) is 0 Å². The summed E-state index contributed by atoms with van der Waals surface area (Å²) in [6.07, 6.45) is 9.91. The third-order valence-corrected chi connectivity index (χ3v) is 8.15. The van der Waals surface area contributed by atoms with Crippen LogP contribution in [0.25, 0.3) is 10.9 Å². The zero-order valence-corrected chi connectivity index (χ0v) is 18.3. The molecule has 2 aromatic rings. The van der Waals surface area contributed by atoms with Crippen LogP contribution in [0.5, 0.6) is 0 Å². The molecule has 3 aliphatic rings. The Bertz CT molecular complexity index is 976. The molecule has 6 heteroatoms. The van der Waals surface area contributed by atoms with Gasteiger partial charge >= 0.3 is 5.97 Å². The van der Waals surface area contributed by atoms with E-state index in [0.717, 1.165) is 32.4 Å². The molecular formula is C24H30N2O3S. The first-order valence-electron chi connectivity index (χ1n) is 11.4. The van der Waals surface area contributed by atoms with Gasteiger partial charge in [0, 0.05) is 29.7 Å². The van der Waals surface area contributed by atoms with Crippen molar-refractivity contribution in [3.05, 3.63) is 35.0 Å². The van der Waals surface area contributed by atoms with Gasteiger partial charge in [0.05, 0.1) is 17.5 Å². The van der Waals surface area contributed by atoms with Crippen LogP contribution < -0.4 is 0 Å². The molecule has 0 bridgehead atoms. The molecule has 0 spiro atoms. The molecule has 0 radical (unpaired) electrons. The number of aryl methyl sites for hydroxylation is 1. The van der Waals surface area contributed by atoms with Gasteiger partial charge in [0.25, 0.3) is 0 Å². The first kappa shape index (κ1) is 20.0. The molecule has 1 aliphatic heterocycles. The van der Waals surface area contributed by atoms with Crippen molar-refractivity contribution in [3.63, 3.8) is 0 Å². The lowest BCUT2D eigenvalue weighted by Gasteiger charge is -2.40. The van der Waals surface area contributed by atoms with Gasteiger partial charge in [-0.1, -0.05) is 25.3 Å². The Balaban J connectivity index is 1.46. The van der Waals surface area contributed by atoms with E-state index in [1.165, 1.54) is 71.6 Å². The fourth-order valence-electron chi connectivity index (χ4n) is 5.92. The number of aliphatic carboxylic acids is 1. The van der Waals surface area contributed by atoms with Gasteiger partial charge in [0.2, 0.25) is 5.91 Å². The van der Waals surface area contributed by atoms with E-state index in [9.17, 15) is 9.59 Å². The van der Waals surface area contributed by atoms with E-state index < -0.39 is 5.97 Å². The van der Waals surface area contributed by atoms with Crippen molar-refractivity contribution in [3.8, 4) is 0 Å². The fourth-order valence-corrected chi connectivity index (χ4v) is 6.54. The topological polar surface area (TPSA) is 62.5 Å². The van der Waals surface area contributed by atoms with E-state index in [1.54, 1.807) is 0 Å². The lowest BCUT2D eigenvalue weighted by molar-refractivity contribution is -0.134. The van der Waals surface area contributed by atoms with Crippen LogP contribution in [0.1, 0.15) is 73.7 Å². The summed E-state index contributed by atoms with van der Waals surface area (Å²) in [7, 11) is 0. The minimum absolute atomic E-state index is 0.0142. The summed E-state index contributed by atoms with van der Waals surface area (Å²) >= 11 is 1.20. The zero-order chi connectivity index (χ0) is 20.7. The Morgan fingerprint density at radius 1 is 1.03 bits per heavy atom. The molecule has 0 saturated heterocycles. The number of carboxylic acid groups (broad SMARTS) is 1. The Hall–Kier alpha value is -1.95. The molecule has 5 rings (SSSR count). The lowest BCUT2D eigenvalue weighted by atomic mass is 9.83. The van der Waals surface area contributed by atoms with Gasteiger partial charge in [-0.25, -0.2) is 0 Å². The van der Waals surface area contributed by atoms with Gasteiger partial charge < -0.3 is 14.6 Å². The van der Waals surface area contributed by atoms with Crippen LogP contribution in [0, 0.1) is 0 Å². The maximum atomic E-state index is 12.9. The fraction of sp³-hybridized carbons (Fsp3) is 0.583.